The summed E-state index contributed by atoms with van der Waals surface area (Å²) in [7, 11) is 2.23. The van der Waals surface area contributed by atoms with Crippen molar-refractivity contribution in [2.45, 2.75) is 66.5 Å². The van der Waals surface area contributed by atoms with Gasteiger partial charge in [0.1, 0.15) is 0 Å². The highest BCUT2D eigenvalue weighted by atomic mass is 15.1. The summed E-state index contributed by atoms with van der Waals surface area (Å²) in [5.74, 6) is 0.930. The second kappa shape index (κ2) is 9.96. The molecule has 1 aromatic heterocycles. The van der Waals surface area contributed by atoms with Crippen molar-refractivity contribution in [2.24, 2.45) is 5.92 Å². The predicted octanol–water partition coefficient (Wildman–Crippen LogP) is 4.75. The molecule has 0 amide bonds. The van der Waals surface area contributed by atoms with Gasteiger partial charge >= 0.3 is 0 Å². The lowest BCUT2D eigenvalue weighted by molar-refractivity contribution is 0.162. The molecule has 0 atom stereocenters. The minimum atomic E-state index is 0. The van der Waals surface area contributed by atoms with E-state index in [2.05, 4.69) is 36.0 Å². The predicted molar refractivity (Wildman–Crippen MR) is 85.2 cm³/mol. The average molecular weight is 264 g/mol. The van der Waals surface area contributed by atoms with Gasteiger partial charge in [-0.1, -0.05) is 34.3 Å². The van der Waals surface area contributed by atoms with Crippen LogP contribution in [0.3, 0.4) is 0 Å². The van der Waals surface area contributed by atoms with E-state index in [9.17, 15) is 0 Å². The maximum Gasteiger partial charge on any atom is 0.0543 e. The summed E-state index contributed by atoms with van der Waals surface area (Å²) in [4.78, 5) is 6.85. The summed E-state index contributed by atoms with van der Waals surface area (Å²) in [5.41, 5.74) is 1.18. The fourth-order valence-electron chi connectivity index (χ4n) is 2.56. The van der Waals surface area contributed by atoms with E-state index in [1.54, 1.807) is 0 Å². The van der Waals surface area contributed by atoms with Gasteiger partial charge in [-0.2, -0.15) is 0 Å². The first-order valence-electron chi connectivity index (χ1n) is 7.36. The number of nitrogens with zero attached hydrogens (tertiary/aromatic N) is 2. The van der Waals surface area contributed by atoms with Crippen LogP contribution in [0.2, 0.25) is 0 Å². The molecular weight excluding hydrogens is 232 g/mol. The van der Waals surface area contributed by atoms with Crippen molar-refractivity contribution >= 4 is 0 Å². The zero-order valence-electron chi connectivity index (χ0n) is 12.4. The SMILES string of the molecule is C.CC.CC1CCC(N(C)Cc2ccccn2)CC1. The van der Waals surface area contributed by atoms with E-state index in [0.29, 0.717) is 0 Å². The van der Waals surface area contributed by atoms with Gasteiger partial charge in [-0.05, 0) is 50.8 Å². The molecule has 1 aliphatic rings. The maximum absolute atomic E-state index is 4.39. The van der Waals surface area contributed by atoms with Crippen LogP contribution in [0.5, 0.6) is 0 Å². The van der Waals surface area contributed by atoms with Crippen LogP contribution in [-0.2, 0) is 6.54 Å². The largest absolute Gasteiger partial charge is 0.298 e. The van der Waals surface area contributed by atoms with Crippen molar-refractivity contribution in [1.29, 1.82) is 0 Å². The number of hydrogen-bond donors (Lipinski definition) is 0. The number of pyridine rings is 1. The van der Waals surface area contributed by atoms with Crippen LogP contribution in [0.15, 0.2) is 24.4 Å². The van der Waals surface area contributed by atoms with Crippen molar-refractivity contribution in [1.82, 2.24) is 9.88 Å². The molecule has 1 saturated carbocycles. The monoisotopic (exact) mass is 264 g/mol. The average Bonchev–Trinajstić information content (AvgIpc) is 2.43. The van der Waals surface area contributed by atoms with Gasteiger partial charge in [0.2, 0.25) is 0 Å². The summed E-state index contributed by atoms with van der Waals surface area (Å²) < 4.78 is 0. The van der Waals surface area contributed by atoms with Gasteiger partial charge < -0.3 is 0 Å². The van der Waals surface area contributed by atoms with Crippen LogP contribution in [-0.4, -0.2) is 23.0 Å². The summed E-state index contributed by atoms with van der Waals surface area (Å²) in [5, 5.41) is 0. The van der Waals surface area contributed by atoms with Crippen LogP contribution in [0, 0.1) is 5.92 Å². The number of aromatic nitrogens is 1. The third-order valence-electron chi connectivity index (χ3n) is 3.75. The first-order chi connectivity index (χ1) is 8.75. The van der Waals surface area contributed by atoms with E-state index in [4.69, 9.17) is 0 Å². The van der Waals surface area contributed by atoms with Crippen molar-refractivity contribution in [2.75, 3.05) is 7.05 Å². The summed E-state index contributed by atoms with van der Waals surface area (Å²) in [6.45, 7) is 7.36. The van der Waals surface area contributed by atoms with E-state index >= 15 is 0 Å². The van der Waals surface area contributed by atoms with Crippen LogP contribution >= 0.6 is 0 Å². The van der Waals surface area contributed by atoms with Crippen molar-refractivity contribution < 1.29 is 0 Å². The van der Waals surface area contributed by atoms with E-state index in [1.165, 1.54) is 31.4 Å². The van der Waals surface area contributed by atoms with E-state index in [1.807, 2.05) is 26.1 Å². The Labute approximate surface area is 120 Å². The molecule has 0 saturated heterocycles. The molecule has 0 aliphatic heterocycles. The number of hydrogen-bond acceptors (Lipinski definition) is 2. The zero-order chi connectivity index (χ0) is 13.4. The molecule has 2 heteroatoms. The fraction of sp³-hybridized carbons (Fsp3) is 0.706. The molecule has 1 aliphatic carbocycles. The van der Waals surface area contributed by atoms with Gasteiger partial charge in [0, 0.05) is 18.8 Å². The van der Waals surface area contributed by atoms with Crippen molar-refractivity contribution in [3.05, 3.63) is 30.1 Å². The highest BCUT2D eigenvalue weighted by Gasteiger charge is 2.21. The lowest BCUT2D eigenvalue weighted by atomic mass is 9.87. The standard InChI is InChI=1S/C14H22N2.C2H6.CH4/c1-12-6-8-14(9-7-12)16(2)11-13-5-3-4-10-15-13;1-2;/h3-5,10,12,14H,6-9,11H2,1-2H3;1-2H3;1H4. The molecule has 1 fully saturated rings. The molecule has 0 N–H and O–H groups in total. The smallest absolute Gasteiger partial charge is 0.0543 e. The normalized spacial score (nSPS) is 22.2. The Morgan fingerprint density at radius 2 is 1.79 bits per heavy atom. The second-order valence-electron chi connectivity index (χ2n) is 5.15. The van der Waals surface area contributed by atoms with Crippen molar-refractivity contribution in [3.63, 3.8) is 0 Å². The van der Waals surface area contributed by atoms with Crippen LogP contribution < -0.4 is 0 Å². The molecule has 19 heavy (non-hydrogen) atoms. The highest BCUT2D eigenvalue weighted by Crippen LogP contribution is 2.26. The molecule has 1 aromatic rings. The Morgan fingerprint density at radius 1 is 1.16 bits per heavy atom. The van der Waals surface area contributed by atoms with Crippen LogP contribution in [0.4, 0.5) is 0 Å². The molecule has 0 spiro atoms. The molecule has 0 radical (unpaired) electrons. The van der Waals surface area contributed by atoms with Gasteiger partial charge in [0.25, 0.3) is 0 Å². The quantitative estimate of drug-likeness (QED) is 0.783. The topological polar surface area (TPSA) is 16.1 Å². The molecule has 2 rings (SSSR count). The molecule has 110 valence electrons. The molecule has 1 heterocycles. The Morgan fingerprint density at radius 3 is 2.32 bits per heavy atom. The Hall–Kier alpha value is -0.890. The lowest BCUT2D eigenvalue weighted by Crippen LogP contribution is -2.34. The van der Waals surface area contributed by atoms with Crippen LogP contribution in [0.1, 0.15) is 59.6 Å². The fourth-order valence-corrected chi connectivity index (χ4v) is 2.56. The third kappa shape index (κ3) is 6.20. The highest BCUT2D eigenvalue weighted by molar-refractivity contribution is 5.03. The van der Waals surface area contributed by atoms with Gasteiger partial charge in [-0.15, -0.1) is 0 Å². The van der Waals surface area contributed by atoms with E-state index in [0.717, 1.165) is 18.5 Å². The molecule has 0 unspecified atom stereocenters. The molecule has 2 nitrogen and oxygen atoms in total. The van der Waals surface area contributed by atoms with Gasteiger partial charge in [0.05, 0.1) is 5.69 Å². The maximum atomic E-state index is 4.39. The van der Waals surface area contributed by atoms with Gasteiger partial charge in [-0.3, -0.25) is 9.88 Å². The Balaban J connectivity index is 0.00000103. The minimum Gasteiger partial charge on any atom is -0.298 e. The Kier molecular flexibility index (Phi) is 9.50. The van der Waals surface area contributed by atoms with Gasteiger partial charge in [-0.25, -0.2) is 0 Å². The molecule has 0 aromatic carbocycles. The molecule has 0 bridgehead atoms. The second-order valence-corrected chi connectivity index (χ2v) is 5.15. The third-order valence-corrected chi connectivity index (χ3v) is 3.75. The van der Waals surface area contributed by atoms with Gasteiger partial charge in [0.15, 0.2) is 0 Å². The van der Waals surface area contributed by atoms with Crippen molar-refractivity contribution in [3.8, 4) is 0 Å². The van der Waals surface area contributed by atoms with E-state index in [-0.39, 0.29) is 7.43 Å². The van der Waals surface area contributed by atoms with E-state index < -0.39 is 0 Å². The zero-order valence-corrected chi connectivity index (χ0v) is 12.4. The molecular formula is C17H32N2. The lowest BCUT2D eigenvalue weighted by Gasteiger charge is -2.33. The first kappa shape index (κ1) is 18.1. The first-order valence-corrected chi connectivity index (χ1v) is 7.36. The summed E-state index contributed by atoms with van der Waals surface area (Å²) in [6, 6.07) is 6.92. The van der Waals surface area contributed by atoms with Crippen LogP contribution in [0.25, 0.3) is 0 Å². The summed E-state index contributed by atoms with van der Waals surface area (Å²) in [6.07, 6.45) is 7.36. The Bertz CT molecular complexity index is 302. The number of rotatable bonds is 3. The summed E-state index contributed by atoms with van der Waals surface area (Å²) >= 11 is 0. The minimum absolute atomic E-state index is 0.